The Morgan fingerprint density at radius 2 is 0.941 bits per heavy atom. The van der Waals surface area contributed by atoms with Crippen LogP contribution in [0.15, 0.2) is 0 Å². The summed E-state index contributed by atoms with van der Waals surface area (Å²) in [6, 6.07) is 0. The third-order valence-corrected chi connectivity index (χ3v) is 3.35. The topological polar surface area (TPSA) is 0 Å². The van der Waals surface area contributed by atoms with Crippen LogP contribution >= 0.6 is 0 Å². The number of unbranched alkanes of at least 4 members (excludes halogenated alkanes) is 13. The molecular weight excluding hydrogens is 215 g/mol. The van der Waals surface area contributed by atoms with Gasteiger partial charge in [0.2, 0.25) is 0 Å². The van der Waals surface area contributed by atoms with Crippen LogP contribution in [0.3, 0.4) is 0 Å². The molecule has 0 nitrogen and oxygen atoms in total. The Kier molecular flexibility index (Phi) is 23.1. The van der Waals surface area contributed by atoms with E-state index in [1.807, 2.05) is 0 Å². The van der Waals surface area contributed by atoms with Gasteiger partial charge in [-0.1, -0.05) is 84.0 Å². The third-order valence-electron chi connectivity index (χ3n) is 3.35. The molecule has 0 aromatic heterocycles. The molecule has 17 heavy (non-hydrogen) atoms. The Morgan fingerprint density at radius 3 is 1.29 bits per heavy atom. The van der Waals surface area contributed by atoms with E-state index in [9.17, 15) is 0 Å². The number of rotatable bonds is 13. The van der Waals surface area contributed by atoms with Crippen molar-refractivity contribution in [3.63, 3.8) is 0 Å². The average Bonchev–Trinajstić information content (AvgIpc) is 2.31. The molecular formula is C16H33Na. The van der Waals surface area contributed by atoms with Crippen LogP contribution < -0.4 is 29.6 Å². The van der Waals surface area contributed by atoms with Gasteiger partial charge in [0.25, 0.3) is 0 Å². The predicted molar refractivity (Wildman–Crippen MR) is 75.7 cm³/mol. The maximum absolute atomic E-state index is 2.29. The maximum atomic E-state index is 2.29. The first-order chi connectivity index (χ1) is 7.91. The molecule has 0 aliphatic heterocycles. The summed E-state index contributed by atoms with van der Waals surface area (Å²) in [7, 11) is 0. The Morgan fingerprint density at radius 1 is 0.588 bits per heavy atom. The first-order valence-corrected chi connectivity index (χ1v) is 7.69. The van der Waals surface area contributed by atoms with Crippen molar-refractivity contribution in [2.24, 2.45) is 0 Å². The smallest absolute Gasteiger partial charge is 0.332 e. The van der Waals surface area contributed by atoms with E-state index in [1.165, 1.54) is 83.5 Å². The summed E-state index contributed by atoms with van der Waals surface area (Å²) < 4.78 is 0. The first-order valence-electron chi connectivity index (χ1n) is 7.69. The molecule has 0 atom stereocenters. The monoisotopic (exact) mass is 248 g/mol. The van der Waals surface area contributed by atoms with Crippen molar-refractivity contribution in [3.05, 3.63) is 6.42 Å². The van der Waals surface area contributed by atoms with E-state index in [0.29, 0.717) is 0 Å². The summed E-state index contributed by atoms with van der Waals surface area (Å²) in [4.78, 5) is 0. The number of hydrogen-bond acceptors (Lipinski definition) is 0. The molecule has 0 aliphatic rings. The van der Waals surface area contributed by atoms with Gasteiger partial charge in [0.05, 0.1) is 0 Å². The fourth-order valence-electron chi connectivity index (χ4n) is 2.19. The van der Waals surface area contributed by atoms with Crippen LogP contribution in [0.5, 0.6) is 0 Å². The summed E-state index contributed by atoms with van der Waals surface area (Å²) in [6.07, 6.45) is 21.0. The second-order valence-corrected chi connectivity index (χ2v) is 5.09. The Bertz CT molecular complexity index is 98.1. The molecule has 98 valence electrons. The van der Waals surface area contributed by atoms with Gasteiger partial charge in [-0.25, -0.2) is 0 Å². The Labute approximate surface area is 133 Å². The minimum atomic E-state index is 0. The first kappa shape index (κ1) is 20.3. The number of hydrogen-bond donors (Lipinski definition) is 0. The van der Waals surface area contributed by atoms with Gasteiger partial charge in [-0.3, -0.25) is 0 Å². The van der Waals surface area contributed by atoms with Crippen LogP contribution in [0.4, 0.5) is 0 Å². The van der Waals surface area contributed by atoms with E-state index < -0.39 is 0 Å². The van der Waals surface area contributed by atoms with E-state index in [0.717, 1.165) is 0 Å². The molecule has 0 heterocycles. The third kappa shape index (κ3) is 19.5. The van der Waals surface area contributed by atoms with Gasteiger partial charge >= 0.3 is 29.6 Å². The summed E-state index contributed by atoms with van der Waals surface area (Å²) in [6.45, 7) is 4.45. The second-order valence-electron chi connectivity index (χ2n) is 5.09. The van der Waals surface area contributed by atoms with Gasteiger partial charge in [0.15, 0.2) is 0 Å². The van der Waals surface area contributed by atoms with Gasteiger partial charge in [-0.2, -0.15) is 13.3 Å². The van der Waals surface area contributed by atoms with Crippen LogP contribution in [0.1, 0.15) is 97.3 Å². The summed E-state index contributed by atoms with van der Waals surface area (Å²) >= 11 is 0. The summed E-state index contributed by atoms with van der Waals surface area (Å²) in [5.74, 6) is 0. The van der Waals surface area contributed by atoms with E-state index in [-0.39, 0.29) is 29.6 Å². The normalized spacial score (nSPS) is 10.2. The van der Waals surface area contributed by atoms with Gasteiger partial charge in [0.1, 0.15) is 0 Å². The second kappa shape index (κ2) is 19.3. The van der Waals surface area contributed by atoms with Crippen molar-refractivity contribution in [2.45, 2.75) is 97.3 Å². The fourth-order valence-corrected chi connectivity index (χ4v) is 2.19. The molecule has 0 bridgehead atoms. The molecule has 0 fully saturated rings. The predicted octanol–water partition coefficient (Wildman–Crippen LogP) is 3.31. The molecule has 1 heteroatoms. The van der Waals surface area contributed by atoms with Crippen LogP contribution in [0.2, 0.25) is 0 Å². The van der Waals surface area contributed by atoms with Crippen molar-refractivity contribution < 1.29 is 29.6 Å². The van der Waals surface area contributed by atoms with E-state index in [1.54, 1.807) is 0 Å². The molecule has 0 aromatic rings. The van der Waals surface area contributed by atoms with E-state index in [4.69, 9.17) is 0 Å². The van der Waals surface area contributed by atoms with E-state index in [2.05, 4.69) is 20.3 Å². The van der Waals surface area contributed by atoms with Gasteiger partial charge in [0, 0.05) is 0 Å². The molecule has 0 N–H and O–H groups in total. The van der Waals surface area contributed by atoms with Crippen LogP contribution in [-0.2, 0) is 0 Å². The summed E-state index contributed by atoms with van der Waals surface area (Å²) in [5.41, 5.74) is 0. The van der Waals surface area contributed by atoms with Gasteiger partial charge in [-0.05, 0) is 0 Å². The molecule has 0 unspecified atom stereocenters. The SMILES string of the molecule is C[CH-]CCCCCCCCCCCCCC.[Na+]. The van der Waals surface area contributed by atoms with Crippen LogP contribution in [-0.4, -0.2) is 0 Å². The zero-order valence-electron chi connectivity index (χ0n) is 12.8. The van der Waals surface area contributed by atoms with Crippen molar-refractivity contribution in [2.75, 3.05) is 0 Å². The average molecular weight is 248 g/mol. The largest absolute Gasteiger partial charge is 1.00 e. The molecule has 0 saturated heterocycles. The molecule has 0 saturated carbocycles. The molecule has 0 aromatic carbocycles. The van der Waals surface area contributed by atoms with E-state index >= 15 is 0 Å². The Balaban J connectivity index is 0. The molecule has 0 aliphatic carbocycles. The van der Waals surface area contributed by atoms with Gasteiger partial charge in [-0.15, -0.1) is 0 Å². The van der Waals surface area contributed by atoms with Crippen molar-refractivity contribution in [3.8, 4) is 0 Å². The quantitative estimate of drug-likeness (QED) is 0.266. The minimum absolute atomic E-state index is 0. The molecule has 0 rings (SSSR count). The zero-order valence-corrected chi connectivity index (χ0v) is 14.8. The standard InChI is InChI=1S/C16H33.Na/c1-3-5-7-9-11-13-15-16-14-12-10-8-6-4-2;/h3H,4-16H2,1-2H3;/q-1;+1. The van der Waals surface area contributed by atoms with Crippen molar-refractivity contribution >= 4 is 0 Å². The van der Waals surface area contributed by atoms with Crippen molar-refractivity contribution in [1.82, 2.24) is 0 Å². The van der Waals surface area contributed by atoms with Crippen LogP contribution in [0.25, 0.3) is 0 Å². The van der Waals surface area contributed by atoms with Gasteiger partial charge < -0.3 is 6.42 Å². The molecule has 0 radical (unpaired) electrons. The maximum Gasteiger partial charge on any atom is 1.00 e. The zero-order chi connectivity index (χ0) is 11.9. The molecule has 0 spiro atoms. The van der Waals surface area contributed by atoms with Crippen LogP contribution in [0, 0.1) is 6.42 Å². The summed E-state index contributed by atoms with van der Waals surface area (Å²) in [5, 5.41) is 0. The fraction of sp³-hybridized carbons (Fsp3) is 0.938. The van der Waals surface area contributed by atoms with Crippen molar-refractivity contribution in [1.29, 1.82) is 0 Å². The Hall–Kier alpha value is 1.00. The minimum Gasteiger partial charge on any atom is -0.332 e. The molecule has 0 amide bonds.